The van der Waals surface area contributed by atoms with E-state index in [-0.39, 0.29) is 32.2 Å². The molecule has 0 aliphatic heterocycles. The summed E-state index contributed by atoms with van der Waals surface area (Å²) in [6, 6.07) is 0. The molecule has 1 N–H and O–H groups in total. The minimum absolute atomic E-state index is 0.0871. The lowest BCUT2D eigenvalue weighted by Gasteiger charge is -2.38. The molecule has 18 heavy (non-hydrogen) atoms. The summed E-state index contributed by atoms with van der Waals surface area (Å²) < 4.78 is 42.3. The fourth-order valence-corrected chi connectivity index (χ4v) is 2.31. The van der Waals surface area contributed by atoms with Gasteiger partial charge in [0, 0.05) is 0 Å². The Balaban J connectivity index is 2.74. The number of hydrogen-bond donors (Lipinski definition) is 1. The van der Waals surface area contributed by atoms with Crippen molar-refractivity contribution >= 4 is 5.97 Å². The van der Waals surface area contributed by atoms with Gasteiger partial charge < -0.3 is 4.74 Å². The average molecular weight is 263 g/mol. The first-order valence-corrected chi connectivity index (χ1v) is 5.69. The number of halogens is 3. The molecule has 0 aromatic rings. The van der Waals surface area contributed by atoms with Crippen LogP contribution >= 0.6 is 0 Å². The van der Waals surface area contributed by atoms with Crippen molar-refractivity contribution in [2.75, 3.05) is 13.7 Å². The summed E-state index contributed by atoms with van der Waals surface area (Å²) in [5, 5.41) is 2.83. The third-order valence-corrected chi connectivity index (χ3v) is 3.41. The lowest BCUT2D eigenvalue weighted by Crippen LogP contribution is -2.55. The maximum Gasteiger partial charge on any atom is 0.391 e. The molecule has 0 atom stereocenters. The molecule has 1 aliphatic carbocycles. The zero-order chi connectivity index (χ0) is 13.8. The van der Waals surface area contributed by atoms with Gasteiger partial charge in [0.25, 0.3) is 0 Å². The van der Waals surface area contributed by atoms with Crippen molar-refractivity contribution in [1.82, 2.24) is 5.32 Å². The van der Waals surface area contributed by atoms with Gasteiger partial charge in [-0.2, -0.15) is 13.2 Å². The Morgan fingerprint density at radius 3 is 2.44 bits per heavy atom. The van der Waals surface area contributed by atoms with Gasteiger partial charge in [0.1, 0.15) is 5.54 Å². The maximum atomic E-state index is 12.6. The normalized spacial score (nSPS) is 28.5. The number of terminal acetylenes is 1. The minimum atomic E-state index is -4.20. The molecule has 0 bridgehead atoms. The SMILES string of the molecule is C#CCNC1(C(=O)OC)CCC(C(F)(F)F)CC1. The second-order valence-corrected chi connectivity index (χ2v) is 4.45. The van der Waals surface area contributed by atoms with E-state index in [0.717, 1.165) is 0 Å². The lowest BCUT2D eigenvalue weighted by molar-refractivity contribution is -0.188. The largest absolute Gasteiger partial charge is 0.468 e. The van der Waals surface area contributed by atoms with Crippen molar-refractivity contribution < 1.29 is 22.7 Å². The number of esters is 1. The summed E-state index contributed by atoms with van der Waals surface area (Å²) in [5.74, 6) is 0.431. The molecule has 0 amide bonds. The number of ether oxygens (including phenoxy) is 1. The molecule has 0 unspecified atom stereocenters. The summed E-state index contributed by atoms with van der Waals surface area (Å²) in [5.41, 5.74) is -1.07. The lowest BCUT2D eigenvalue weighted by atomic mass is 9.76. The first kappa shape index (κ1) is 14.8. The standard InChI is InChI=1S/C12H16F3NO2/c1-3-8-16-11(10(17)18-2)6-4-9(5-7-11)12(13,14)15/h1,9,16H,4-8H2,2H3. The summed E-state index contributed by atoms with van der Waals surface area (Å²) >= 11 is 0. The second-order valence-electron chi connectivity index (χ2n) is 4.45. The van der Waals surface area contributed by atoms with Gasteiger partial charge in [0.2, 0.25) is 0 Å². The molecule has 102 valence electrons. The Bertz CT molecular complexity index is 338. The molecule has 0 aromatic heterocycles. The Labute approximate surface area is 104 Å². The Morgan fingerprint density at radius 1 is 1.50 bits per heavy atom. The van der Waals surface area contributed by atoms with Crippen LogP contribution in [0, 0.1) is 18.3 Å². The topological polar surface area (TPSA) is 38.3 Å². The highest BCUT2D eigenvalue weighted by Gasteiger charge is 2.49. The van der Waals surface area contributed by atoms with E-state index in [9.17, 15) is 18.0 Å². The number of nitrogens with one attached hydrogen (secondary N) is 1. The summed E-state index contributed by atoms with van der Waals surface area (Å²) in [6.07, 6.45) is 0.901. The zero-order valence-electron chi connectivity index (χ0n) is 10.1. The number of carbonyl (C=O) groups excluding carboxylic acids is 1. The van der Waals surface area contributed by atoms with Crippen LogP contribution in [0.2, 0.25) is 0 Å². The highest BCUT2D eigenvalue weighted by Crippen LogP contribution is 2.41. The van der Waals surface area contributed by atoms with E-state index >= 15 is 0 Å². The predicted molar refractivity (Wildman–Crippen MR) is 59.6 cm³/mol. The molecule has 1 aliphatic rings. The molecule has 0 heterocycles. The number of hydrogen-bond acceptors (Lipinski definition) is 3. The van der Waals surface area contributed by atoms with Crippen LogP contribution in [0.3, 0.4) is 0 Å². The Hall–Kier alpha value is -1.22. The highest BCUT2D eigenvalue weighted by atomic mass is 19.4. The van der Waals surface area contributed by atoms with Gasteiger partial charge in [-0.1, -0.05) is 5.92 Å². The van der Waals surface area contributed by atoms with Crippen LogP contribution in [0.25, 0.3) is 0 Å². The van der Waals surface area contributed by atoms with Crippen molar-refractivity contribution in [2.24, 2.45) is 5.92 Å². The van der Waals surface area contributed by atoms with E-state index in [4.69, 9.17) is 6.42 Å². The molecule has 3 nitrogen and oxygen atoms in total. The highest BCUT2D eigenvalue weighted by molar-refractivity contribution is 5.81. The maximum absolute atomic E-state index is 12.6. The second kappa shape index (κ2) is 5.61. The summed E-state index contributed by atoms with van der Waals surface area (Å²) in [7, 11) is 1.22. The number of alkyl halides is 3. The quantitative estimate of drug-likeness (QED) is 0.624. The van der Waals surface area contributed by atoms with Crippen LogP contribution in [0.15, 0.2) is 0 Å². The van der Waals surface area contributed by atoms with E-state index in [1.54, 1.807) is 0 Å². The molecule has 0 aromatic carbocycles. The van der Waals surface area contributed by atoms with Gasteiger partial charge in [-0.05, 0) is 25.7 Å². The van der Waals surface area contributed by atoms with Crippen LogP contribution in [0.4, 0.5) is 13.2 Å². The van der Waals surface area contributed by atoms with Crippen LogP contribution in [0.5, 0.6) is 0 Å². The molecule has 1 saturated carbocycles. The third-order valence-electron chi connectivity index (χ3n) is 3.41. The van der Waals surface area contributed by atoms with Gasteiger partial charge in [0.05, 0.1) is 19.6 Å². The van der Waals surface area contributed by atoms with Crippen molar-refractivity contribution in [1.29, 1.82) is 0 Å². The monoisotopic (exact) mass is 263 g/mol. The third kappa shape index (κ3) is 3.16. The van der Waals surface area contributed by atoms with Gasteiger partial charge in [0.15, 0.2) is 0 Å². The molecule has 0 radical (unpaired) electrons. The van der Waals surface area contributed by atoms with Crippen molar-refractivity contribution in [3.05, 3.63) is 0 Å². The van der Waals surface area contributed by atoms with E-state index in [1.165, 1.54) is 7.11 Å². The zero-order valence-corrected chi connectivity index (χ0v) is 10.1. The molecular weight excluding hydrogens is 247 g/mol. The summed E-state index contributed by atoms with van der Waals surface area (Å²) in [4.78, 5) is 11.7. The van der Waals surface area contributed by atoms with E-state index < -0.39 is 23.6 Å². The molecule has 6 heteroatoms. The Morgan fingerprint density at radius 2 is 2.06 bits per heavy atom. The van der Waals surface area contributed by atoms with Crippen molar-refractivity contribution in [3.63, 3.8) is 0 Å². The number of rotatable bonds is 3. The van der Waals surface area contributed by atoms with Gasteiger partial charge in [-0.3, -0.25) is 10.1 Å². The first-order valence-electron chi connectivity index (χ1n) is 5.69. The van der Waals surface area contributed by atoms with Gasteiger partial charge in [-0.15, -0.1) is 6.42 Å². The number of carbonyl (C=O) groups is 1. The van der Waals surface area contributed by atoms with Crippen LogP contribution in [0.1, 0.15) is 25.7 Å². The van der Waals surface area contributed by atoms with Crippen LogP contribution in [-0.4, -0.2) is 31.3 Å². The minimum Gasteiger partial charge on any atom is -0.468 e. The first-order chi connectivity index (χ1) is 8.35. The van der Waals surface area contributed by atoms with E-state index in [0.29, 0.717) is 0 Å². The van der Waals surface area contributed by atoms with E-state index in [2.05, 4.69) is 16.0 Å². The van der Waals surface area contributed by atoms with Crippen molar-refractivity contribution in [3.8, 4) is 12.3 Å². The number of methoxy groups -OCH3 is 1. The molecule has 1 rings (SSSR count). The fraction of sp³-hybridized carbons (Fsp3) is 0.750. The molecular formula is C12H16F3NO2. The van der Waals surface area contributed by atoms with Crippen LogP contribution < -0.4 is 5.32 Å². The smallest absolute Gasteiger partial charge is 0.391 e. The average Bonchev–Trinajstić information content (AvgIpc) is 2.34. The van der Waals surface area contributed by atoms with Crippen LogP contribution in [-0.2, 0) is 9.53 Å². The molecule has 0 saturated heterocycles. The van der Waals surface area contributed by atoms with Gasteiger partial charge in [-0.25, -0.2) is 0 Å². The predicted octanol–water partition coefficient (Wildman–Crippen LogP) is 1.87. The Kier molecular flexibility index (Phi) is 4.63. The molecule has 0 spiro atoms. The summed E-state index contributed by atoms with van der Waals surface area (Å²) in [6.45, 7) is 0.131. The fourth-order valence-electron chi connectivity index (χ4n) is 2.31. The van der Waals surface area contributed by atoms with Crippen molar-refractivity contribution in [2.45, 2.75) is 37.4 Å². The molecule has 1 fully saturated rings. The van der Waals surface area contributed by atoms with Gasteiger partial charge >= 0.3 is 12.1 Å². The van der Waals surface area contributed by atoms with E-state index in [1.807, 2.05) is 0 Å².